The van der Waals surface area contributed by atoms with Gasteiger partial charge in [-0.05, 0) is 45.3 Å². The highest BCUT2D eigenvalue weighted by Gasteiger charge is 2.26. The van der Waals surface area contributed by atoms with E-state index in [4.69, 9.17) is 0 Å². The first kappa shape index (κ1) is 15.5. The Morgan fingerprint density at radius 1 is 1.45 bits per heavy atom. The summed E-state index contributed by atoms with van der Waals surface area (Å²) in [5.41, 5.74) is 1.34. The molecule has 0 radical (unpaired) electrons. The number of rotatable bonds is 7. The Labute approximate surface area is 123 Å². The maximum absolute atomic E-state index is 4.26. The maximum Gasteiger partial charge on any atom is 0.0492 e. The lowest BCUT2D eigenvalue weighted by molar-refractivity contribution is 0.120. The number of aryl methyl sites for hydroxylation is 1. The summed E-state index contributed by atoms with van der Waals surface area (Å²) in [7, 11) is 2.04. The fourth-order valence-corrected chi connectivity index (χ4v) is 3.27. The lowest BCUT2D eigenvalue weighted by Gasteiger charge is -2.39. The zero-order valence-corrected chi connectivity index (χ0v) is 13.3. The van der Waals surface area contributed by atoms with E-state index >= 15 is 0 Å². The fourth-order valence-electron chi connectivity index (χ4n) is 3.27. The van der Waals surface area contributed by atoms with Gasteiger partial charge in [-0.25, -0.2) is 0 Å². The van der Waals surface area contributed by atoms with Crippen molar-refractivity contribution in [2.75, 3.05) is 19.6 Å². The van der Waals surface area contributed by atoms with Crippen LogP contribution < -0.4 is 5.32 Å². The highest BCUT2D eigenvalue weighted by Crippen LogP contribution is 2.20. The van der Waals surface area contributed by atoms with Crippen LogP contribution in [0.1, 0.15) is 45.2 Å². The molecule has 2 heterocycles. The predicted octanol–water partition coefficient (Wildman–Crippen LogP) is 2.21. The minimum absolute atomic E-state index is 0.599. The van der Waals surface area contributed by atoms with E-state index in [9.17, 15) is 0 Å². The summed E-state index contributed by atoms with van der Waals surface area (Å²) in [6.45, 7) is 8.12. The lowest BCUT2D eigenvalue weighted by Crippen LogP contribution is -2.51. The van der Waals surface area contributed by atoms with E-state index in [1.165, 1.54) is 37.9 Å². The van der Waals surface area contributed by atoms with E-state index in [2.05, 4.69) is 35.2 Å². The lowest BCUT2D eigenvalue weighted by atomic mass is 9.96. The van der Waals surface area contributed by atoms with Gasteiger partial charge in [0.15, 0.2) is 0 Å². The molecule has 0 bridgehead atoms. The highest BCUT2D eigenvalue weighted by molar-refractivity contribution is 5.01. The van der Waals surface area contributed by atoms with Crippen LogP contribution >= 0.6 is 0 Å². The number of aromatic nitrogens is 2. The molecule has 20 heavy (non-hydrogen) atoms. The third kappa shape index (κ3) is 4.06. The molecule has 0 saturated carbocycles. The average molecular weight is 278 g/mol. The number of piperidine rings is 1. The summed E-state index contributed by atoms with van der Waals surface area (Å²) in [5, 5.41) is 7.94. The van der Waals surface area contributed by atoms with Crippen molar-refractivity contribution in [3.05, 3.63) is 18.0 Å². The van der Waals surface area contributed by atoms with Crippen molar-refractivity contribution in [3.63, 3.8) is 0 Å². The number of hydrogen-bond acceptors (Lipinski definition) is 3. The van der Waals surface area contributed by atoms with Crippen LogP contribution in [0.5, 0.6) is 0 Å². The molecule has 2 unspecified atom stereocenters. The maximum atomic E-state index is 4.26. The van der Waals surface area contributed by atoms with Crippen LogP contribution in [-0.4, -0.2) is 46.4 Å². The Balaban J connectivity index is 1.88. The van der Waals surface area contributed by atoms with Crippen molar-refractivity contribution in [2.24, 2.45) is 7.05 Å². The molecule has 4 nitrogen and oxygen atoms in total. The Morgan fingerprint density at radius 3 is 3.00 bits per heavy atom. The largest absolute Gasteiger partial charge is 0.313 e. The van der Waals surface area contributed by atoms with Crippen LogP contribution in [0, 0.1) is 0 Å². The van der Waals surface area contributed by atoms with Crippen LogP contribution in [0.2, 0.25) is 0 Å². The molecule has 0 aliphatic carbocycles. The third-order valence-corrected chi connectivity index (χ3v) is 4.54. The van der Waals surface area contributed by atoms with Crippen LogP contribution in [-0.2, 0) is 13.5 Å². The summed E-state index contributed by atoms with van der Waals surface area (Å²) in [6.07, 6.45) is 8.28. The first-order chi connectivity index (χ1) is 9.72. The molecule has 1 fully saturated rings. The molecule has 2 rings (SSSR count). The fraction of sp³-hybridized carbons (Fsp3) is 0.812. The molecule has 1 aliphatic rings. The summed E-state index contributed by atoms with van der Waals surface area (Å²) in [5.74, 6) is 0. The van der Waals surface area contributed by atoms with Crippen molar-refractivity contribution < 1.29 is 0 Å². The Hall–Kier alpha value is -0.870. The molecule has 1 aromatic heterocycles. The molecule has 114 valence electrons. The van der Waals surface area contributed by atoms with Crippen LogP contribution in [0.3, 0.4) is 0 Å². The number of nitrogens with one attached hydrogen (secondary N) is 1. The second-order valence-electron chi connectivity index (χ2n) is 6.04. The Kier molecular flexibility index (Phi) is 6.05. The zero-order valence-electron chi connectivity index (χ0n) is 13.3. The van der Waals surface area contributed by atoms with Crippen molar-refractivity contribution in [1.29, 1.82) is 0 Å². The van der Waals surface area contributed by atoms with Crippen molar-refractivity contribution >= 4 is 0 Å². The topological polar surface area (TPSA) is 33.1 Å². The highest BCUT2D eigenvalue weighted by atomic mass is 15.3. The monoisotopic (exact) mass is 278 g/mol. The van der Waals surface area contributed by atoms with Gasteiger partial charge in [-0.3, -0.25) is 9.58 Å². The minimum atomic E-state index is 0.599. The predicted molar refractivity (Wildman–Crippen MR) is 83.9 cm³/mol. The van der Waals surface area contributed by atoms with Crippen molar-refractivity contribution in [1.82, 2.24) is 20.0 Å². The molecule has 4 heteroatoms. The second kappa shape index (κ2) is 7.79. The van der Waals surface area contributed by atoms with Gasteiger partial charge in [-0.1, -0.05) is 13.3 Å². The summed E-state index contributed by atoms with van der Waals surface area (Å²) in [6, 6.07) is 3.43. The zero-order chi connectivity index (χ0) is 14.4. The van der Waals surface area contributed by atoms with E-state index < -0.39 is 0 Å². The smallest absolute Gasteiger partial charge is 0.0492 e. The second-order valence-corrected chi connectivity index (χ2v) is 6.04. The molecule has 2 atom stereocenters. The standard InChI is InChI=1S/C16H30N4/c1-4-10-17-14(2)16-7-5-6-12-20(16)13-9-15-8-11-18-19(15)3/h8,11,14,16-17H,4-7,9-10,12-13H2,1-3H3. The summed E-state index contributed by atoms with van der Waals surface area (Å²) in [4.78, 5) is 2.68. The van der Waals surface area contributed by atoms with Gasteiger partial charge in [0, 0.05) is 44.0 Å². The van der Waals surface area contributed by atoms with Gasteiger partial charge in [0.25, 0.3) is 0 Å². The van der Waals surface area contributed by atoms with Gasteiger partial charge in [-0.2, -0.15) is 5.10 Å². The van der Waals surface area contributed by atoms with Crippen LogP contribution in [0.25, 0.3) is 0 Å². The minimum Gasteiger partial charge on any atom is -0.313 e. The summed E-state index contributed by atoms with van der Waals surface area (Å²) >= 11 is 0. The Morgan fingerprint density at radius 2 is 2.30 bits per heavy atom. The van der Waals surface area contributed by atoms with Gasteiger partial charge in [0.05, 0.1) is 0 Å². The van der Waals surface area contributed by atoms with Crippen molar-refractivity contribution in [3.8, 4) is 0 Å². The van der Waals surface area contributed by atoms with E-state index in [-0.39, 0.29) is 0 Å². The van der Waals surface area contributed by atoms with Gasteiger partial charge in [0.1, 0.15) is 0 Å². The van der Waals surface area contributed by atoms with Gasteiger partial charge >= 0.3 is 0 Å². The van der Waals surface area contributed by atoms with E-state index in [0.29, 0.717) is 12.1 Å². The van der Waals surface area contributed by atoms with Gasteiger partial charge < -0.3 is 5.32 Å². The molecular weight excluding hydrogens is 248 g/mol. The third-order valence-electron chi connectivity index (χ3n) is 4.54. The molecule has 1 N–H and O–H groups in total. The quantitative estimate of drug-likeness (QED) is 0.830. The number of likely N-dealkylation sites (tertiary alicyclic amines) is 1. The SMILES string of the molecule is CCCNC(C)C1CCCCN1CCc1ccnn1C. The molecule has 0 spiro atoms. The molecular formula is C16H30N4. The summed E-state index contributed by atoms with van der Waals surface area (Å²) < 4.78 is 2.00. The number of hydrogen-bond donors (Lipinski definition) is 1. The first-order valence-electron chi connectivity index (χ1n) is 8.16. The first-order valence-corrected chi connectivity index (χ1v) is 8.16. The molecule has 1 saturated heterocycles. The molecule has 0 aromatic carbocycles. The van der Waals surface area contributed by atoms with Crippen molar-refractivity contribution in [2.45, 2.75) is 58.0 Å². The van der Waals surface area contributed by atoms with Gasteiger partial charge in [0.2, 0.25) is 0 Å². The van der Waals surface area contributed by atoms with E-state index in [0.717, 1.165) is 19.5 Å². The Bertz CT molecular complexity index is 388. The van der Waals surface area contributed by atoms with Gasteiger partial charge in [-0.15, -0.1) is 0 Å². The van der Waals surface area contributed by atoms with E-state index in [1.807, 2.05) is 17.9 Å². The molecule has 1 aromatic rings. The van der Waals surface area contributed by atoms with E-state index in [1.54, 1.807) is 0 Å². The number of nitrogens with zero attached hydrogens (tertiary/aromatic N) is 3. The molecule has 0 amide bonds. The average Bonchev–Trinajstić information content (AvgIpc) is 2.88. The normalized spacial score (nSPS) is 22.1. The van der Waals surface area contributed by atoms with Crippen LogP contribution in [0.4, 0.5) is 0 Å². The van der Waals surface area contributed by atoms with Crippen LogP contribution in [0.15, 0.2) is 12.3 Å². The molecule has 1 aliphatic heterocycles.